The molecule has 0 bridgehead atoms. The second-order valence-electron chi connectivity index (χ2n) is 6.91. The quantitative estimate of drug-likeness (QED) is 0.725. The molecule has 1 aliphatic heterocycles. The van der Waals surface area contributed by atoms with Crippen molar-refractivity contribution in [2.75, 3.05) is 26.2 Å². The number of rotatable bonds is 7. The van der Waals surface area contributed by atoms with Crippen LogP contribution in [0, 0.1) is 18.7 Å². The summed E-state index contributed by atoms with van der Waals surface area (Å²) in [6.45, 7) is 7.80. The number of carbonyl (C=O) groups is 1. The summed E-state index contributed by atoms with van der Waals surface area (Å²) >= 11 is 0. The molecule has 1 aromatic carbocycles. The summed E-state index contributed by atoms with van der Waals surface area (Å²) in [6, 6.07) is 3.86. The predicted molar refractivity (Wildman–Crippen MR) is 99.8 cm³/mol. The van der Waals surface area contributed by atoms with E-state index in [0.717, 1.165) is 25.9 Å². The molecule has 1 fully saturated rings. The molecule has 26 heavy (non-hydrogen) atoms. The van der Waals surface area contributed by atoms with E-state index in [2.05, 4.69) is 13.8 Å². The normalized spacial score (nSPS) is 16.6. The van der Waals surface area contributed by atoms with Crippen LogP contribution in [-0.2, 0) is 14.8 Å². The van der Waals surface area contributed by atoms with Crippen LogP contribution in [0.3, 0.4) is 0 Å². The molecular formula is C19H29FN2O3S. The fourth-order valence-electron chi connectivity index (χ4n) is 3.40. The van der Waals surface area contributed by atoms with Crippen molar-refractivity contribution in [3.8, 4) is 0 Å². The summed E-state index contributed by atoms with van der Waals surface area (Å²) in [7, 11) is -3.65. The molecule has 7 heteroatoms. The van der Waals surface area contributed by atoms with Crippen molar-refractivity contribution in [3.05, 3.63) is 29.6 Å². The van der Waals surface area contributed by atoms with Crippen LogP contribution in [0.4, 0.5) is 4.39 Å². The lowest BCUT2D eigenvalue weighted by Crippen LogP contribution is -2.44. The zero-order valence-corrected chi connectivity index (χ0v) is 16.7. The lowest BCUT2D eigenvalue weighted by molar-refractivity contribution is -0.136. The molecule has 1 amide bonds. The second kappa shape index (κ2) is 8.95. The van der Waals surface area contributed by atoms with Crippen LogP contribution < -0.4 is 0 Å². The van der Waals surface area contributed by atoms with E-state index in [1.54, 1.807) is 6.92 Å². The Morgan fingerprint density at radius 2 is 1.77 bits per heavy atom. The van der Waals surface area contributed by atoms with Crippen molar-refractivity contribution in [2.24, 2.45) is 5.92 Å². The molecule has 1 aliphatic rings. The molecule has 0 N–H and O–H groups in total. The maximum atomic E-state index is 13.4. The maximum absolute atomic E-state index is 13.4. The molecule has 1 aromatic rings. The van der Waals surface area contributed by atoms with Gasteiger partial charge in [-0.05, 0) is 56.4 Å². The van der Waals surface area contributed by atoms with Gasteiger partial charge in [-0.15, -0.1) is 0 Å². The number of amides is 1. The Morgan fingerprint density at radius 1 is 1.19 bits per heavy atom. The molecule has 1 heterocycles. The van der Waals surface area contributed by atoms with Gasteiger partial charge in [0.05, 0.1) is 4.90 Å². The van der Waals surface area contributed by atoms with Crippen molar-refractivity contribution >= 4 is 15.9 Å². The first-order chi connectivity index (χ1) is 12.3. The van der Waals surface area contributed by atoms with Crippen LogP contribution >= 0.6 is 0 Å². The molecule has 0 saturated carbocycles. The average Bonchev–Trinajstić information content (AvgIpc) is 2.63. The number of hydrogen-bond donors (Lipinski definition) is 0. The van der Waals surface area contributed by atoms with Gasteiger partial charge in [-0.2, -0.15) is 4.31 Å². The molecule has 0 unspecified atom stereocenters. The minimum atomic E-state index is -3.65. The van der Waals surface area contributed by atoms with E-state index in [4.69, 9.17) is 0 Å². The van der Waals surface area contributed by atoms with Crippen molar-refractivity contribution in [2.45, 2.75) is 51.3 Å². The van der Waals surface area contributed by atoms with E-state index >= 15 is 0 Å². The largest absolute Gasteiger partial charge is 0.342 e. The van der Waals surface area contributed by atoms with E-state index in [1.165, 1.54) is 22.5 Å². The number of sulfonamides is 1. The fraction of sp³-hybridized carbons (Fsp3) is 0.632. The minimum absolute atomic E-state index is 0.111. The molecule has 146 valence electrons. The Hall–Kier alpha value is -1.47. The van der Waals surface area contributed by atoms with E-state index in [9.17, 15) is 17.6 Å². The third-order valence-corrected chi connectivity index (χ3v) is 6.76. The third kappa shape index (κ3) is 4.62. The lowest BCUT2D eigenvalue weighted by atomic mass is 9.96. The number of aryl methyl sites for hydroxylation is 1. The number of carbonyl (C=O) groups excluding carboxylic acids is 1. The number of nitrogens with zero attached hydrogens (tertiary/aromatic N) is 2. The number of benzene rings is 1. The standard InChI is InChI=1S/C19H29FN2O3S/c1-4-10-21(11-5-2)19(23)16-8-12-22(13-9-16)26(24,25)17-6-7-18(20)15(3)14-17/h6-7,14,16H,4-5,8-13H2,1-3H3. The highest BCUT2D eigenvalue weighted by atomic mass is 32.2. The topological polar surface area (TPSA) is 57.7 Å². The van der Waals surface area contributed by atoms with Crippen LogP contribution in [-0.4, -0.2) is 49.7 Å². The zero-order chi connectivity index (χ0) is 19.3. The first-order valence-corrected chi connectivity index (χ1v) is 10.8. The molecule has 5 nitrogen and oxygen atoms in total. The van der Waals surface area contributed by atoms with E-state index in [-0.39, 0.29) is 16.7 Å². The second-order valence-corrected chi connectivity index (χ2v) is 8.85. The van der Waals surface area contributed by atoms with Crippen LogP contribution in [0.5, 0.6) is 0 Å². The minimum Gasteiger partial charge on any atom is -0.342 e. The monoisotopic (exact) mass is 384 g/mol. The lowest BCUT2D eigenvalue weighted by Gasteiger charge is -2.33. The predicted octanol–water partition coefficient (Wildman–Crippen LogP) is 3.18. The van der Waals surface area contributed by atoms with Gasteiger partial charge in [0.2, 0.25) is 15.9 Å². The van der Waals surface area contributed by atoms with E-state index in [0.29, 0.717) is 31.5 Å². The molecule has 0 atom stereocenters. The van der Waals surface area contributed by atoms with Gasteiger partial charge in [0.1, 0.15) is 5.82 Å². The summed E-state index contributed by atoms with van der Waals surface area (Å²) in [5.41, 5.74) is 0.311. The van der Waals surface area contributed by atoms with Crippen molar-refractivity contribution in [1.82, 2.24) is 9.21 Å². The van der Waals surface area contributed by atoms with Gasteiger partial charge in [-0.1, -0.05) is 13.8 Å². The zero-order valence-electron chi connectivity index (χ0n) is 15.9. The average molecular weight is 385 g/mol. The van der Waals surface area contributed by atoms with Crippen molar-refractivity contribution in [3.63, 3.8) is 0 Å². The van der Waals surface area contributed by atoms with E-state index < -0.39 is 15.8 Å². The van der Waals surface area contributed by atoms with Gasteiger partial charge in [0, 0.05) is 32.1 Å². The van der Waals surface area contributed by atoms with Crippen molar-refractivity contribution in [1.29, 1.82) is 0 Å². The van der Waals surface area contributed by atoms with Gasteiger partial charge in [-0.3, -0.25) is 4.79 Å². The molecular weight excluding hydrogens is 355 g/mol. The molecule has 0 spiro atoms. The van der Waals surface area contributed by atoms with Gasteiger partial charge < -0.3 is 4.90 Å². The highest BCUT2D eigenvalue weighted by molar-refractivity contribution is 7.89. The molecule has 0 radical (unpaired) electrons. The Kier molecular flexibility index (Phi) is 7.17. The van der Waals surface area contributed by atoms with Gasteiger partial charge in [-0.25, -0.2) is 12.8 Å². The van der Waals surface area contributed by atoms with Crippen LogP contribution in [0.2, 0.25) is 0 Å². The fourth-order valence-corrected chi connectivity index (χ4v) is 4.96. The third-order valence-electron chi connectivity index (χ3n) is 4.87. The smallest absolute Gasteiger partial charge is 0.243 e. The molecule has 2 rings (SSSR count). The summed E-state index contributed by atoms with van der Waals surface area (Å²) in [5, 5.41) is 0. The molecule has 1 saturated heterocycles. The molecule has 0 aliphatic carbocycles. The van der Waals surface area contributed by atoms with Gasteiger partial charge in [0.25, 0.3) is 0 Å². The van der Waals surface area contributed by atoms with Crippen molar-refractivity contribution < 1.29 is 17.6 Å². The first kappa shape index (κ1) is 20.8. The Bertz CT molecular complexity index is 722. The number of hydrogen-bond acceptors (Lipinski definition) is 3. The Labute approximate surface area is 156 Å². The highest BCUT2D eigenvalue weighted by Crippen LogP contribution is 2.26. The van der Waals surface area contributed by atoms with Gasteiger partial charge in [0.15, 0.2) is 0 Å². The Morgan fingerprint density at radius 3 is 2.27 bits per heavy atom. The van der Waals surface area contributed by atoms with E-state index in [1.807, 2.05) is 4.90 Å². The summed E-state index contributed by atoms with van der Waals surface area (Å²) in [5.74, 6) is -0.391. The summed E-state index contributed by atoms with van der Waals surface area (Å²) in [4.78, 5) is 14.7. The number of halogens is 1. The van der Waals surface area contributed by atoms with Crippen LogP contribution in [0.15, 0.2) is 23.1 Å². The summed E-state index contributed by atoms with van der Waals surface area (Å²) in [6.07, 6.45) is 2.90. The van der Waals surface area contributed by atoms with Crippen LogP contribution in [0.25, 0.3) is 0 Å². The van der Waals surface area contributed by atoms with Gasteiger partial charge >= 0.3 is 0 Å². The SMILES string of the molecule is CCCN(CCC)C(=O)C1CCN(S(=O)(=O)c2ccc(F)c(C)c2)CC1. The number of piperidine rings is 1. The highest BCUT2D eigenvalue weighted by Gasteiger charge is 2.33. The molecule has 0 aromatic heterocycles. The summed E-state index contributed by atoms with van der Waals surface area (Å²) < 4.78 is 40.4. The Balaban J connectivity index is 2.04. The first-order valence-electron chi connectivity index (χ1n) is 9.36. The van der Waals surface area contributed by atoms with Crippen LogP contribution in [0.1, 0.15) is 45.1 Å². The maximum Gasteiger partial charge on any atom is 0.243 e.